The molecule has 0 saturated heterocycles. The van der Waals surface area contributed by atoms with Crippen LogP contribution in [0, 0.1) is 17.2 Å². The second kappa shape index (κ2) is 5.58. The van der Waals surface area contributed by atoms with Crippen LogP contribution in [-0.4, -0.2) is 13.2 Å². The highest BCUT2D eigenvalue weighted by Gasteiger charge is 1.91. The summed E-state index contributed by atoms with van der Waals surface area (Å²) in [6.07, 6.45) is 1.04. The maximum Gasteiger partial charge on any atom is 0.133 e. The molecule has 0 aromatic rings. The van der Waals surface area contributed by atoms with Crippen molar-refractivity contribution in [2.75, 3.05) is 13.2 Å². The van der Waals surface area contributed by atoms with E-state index in [-0.39, 0.29) is 6.61 Å². The molecule has 0 spiro atoms. The SMILES string of the molecule is CC(C)CCOCC#N. The summed E-state index contributed by atoms with van der Waals surface area (Å²) >= 11 is 0. The van der Waals surface area contributed by atoms with E-state index < -0.39 is 0 Å². The monoisotopic (exact) mass is 127 g/mol. The van der Waals surface area contributed by atoms with E-state index in [1.165, 1.54) is 0 Å². The van der Waals surface area contributed by atoms with Crippen LogP contribution in [0.2, 0.25) is 0 Å². The molecule has 0 aliphatic heterocycles. The molecule has 0 aliphatic rings. The lowest BCUT2D eigenvalue weighted by atomic mass is 10.1. The summed E-state index contributed by atoms with van der Waals surface area (Å²) in [6.45, 7) is 5.21. The topological polar surface area (TPSA) is 33.0 Å². The Morgan fingerprint density at radius 3 is 2.67 bits per heavy atom. The molecule has 52 valence electrons. The van der Waals surface area contributed by atoms with Crippen LogP contribution in [0.4, 0.5) is 0 Å². The Hall–Kier alpha value is -0.550. The summed E-state index contributed by atoms with van der Waals surface area (Å²) in [6, 6.07) is 1.92. The van der Waals surface area contributed by atoms with E-state index in [4.69, 9.17) is 10.00 Å². The second-order valence-corrected chi connectivity index (χ2v) is 2.39. The van der Waals surface area contributed by atoms with Crippen molar-refractivity contribution in [1.82, 2.24) is 0 Å². The van der Waals surface area contributed by atoms with Crippen LogP contribution in [0.1, 0.15) is 20.3 Å². The van der Waals surface area contributed by atoms with Crippen molar-refractivity contribution >= 4 is 0 Å². The summed E-state index contributed by atoms with van der Waals surface area (Å²) in [7, 11) is 0. The first kappa shape index (κ1) is 8.45. The lowest BCUT2D eigenvalue weighted by Gasteiger charge is -2.01. The number of nitrogens with zero attached hydrogens (tertiary/aromatic N) is 1. The first-order chi connectivity index (χ1) is 4.27. The highest BCUT2D eigenvalue weighted by atomic mass is 16.5. The van der Waals surface area contributed by atoms with Gasteiger partial charge in [0.2, 0.25) is 0 Å². The fourth-order valence-electron chi connectivity index (χ4n) is 0.437. The fourth-order valence-corrected chi connectivity index (χ4v) is 0.437. The van der Waals surface area contributed by atoms with Gasteiger partial charge in [0.05, 0.1) is 6.07 Å². The molecule has 2 heteroatoms. The van der Waals surface area contributed by atoms with E-state index in [0.717, 1.165) is 6.42 Å². The van der Waals surface area contributed by atoms with Crippen molar-refractivity contribution < 1.29 is 4.74 Å². The van der Waals surface area contributed by atoms with Crippen LogP contribution in [0.5, 0.6) is 0 Å². The fraction of sp³-hybridized carbons (Fsp3) is 0.857. The highest BCUT2D eigenvalue weighted by molar-refractivity contribution is 4.66. The Labute approximate surface area is 56.4 Å². The Morgan fingerprint density at radius 2 is 2.22 bits per heavy atom. The summed E-state index contributed by atoms with van der Waals surface area (Å²) in [5, 5.41) is 8.06. The predicted octanol–water partition coefficient (Wildman–Crippen LogP) is 1.57. The first-order valence-electron chi connectivity index (χ1n) is 3.22. The summed E-state index contributed by atoms with van der Waals surface area (Å²) in [4.78, 5) is 0. The molecular formula is C7H13NO. The molecule has 0 N–H and O–H groups in total. The maximum atomic E-state index is 8.06. The maximum absolute atomic E-state index is 8.06. The number of nitriles is 1. The number of hydrogen-bond acceptors (Lipinski definition) is 2. The number of ether oxygens (including phenoxy) is 1. The van der Waals surface area contributed by atoms with Gasteiger partial charge in [-0.25, -0.2) is 0 Å². The third-order valence-electron chi connectivity index (χ3n) is 1.01. The van der Waals surface area contributed by atoms with Gasteiger partial charge in [-0.1, -0.05) is 13.8 Å². The van der Waals surface area contributed by atoms with Crippen molar-refractivity contribution in [3.05, 3.63) is 0 Å². The van der Waals surface area contributed by atoms with Gasteiger partial charge in [0, 0.05) is 6.61 Å². The van der Waals surface area contributed by atoms with E-state index in [1.54, 1.807) is 0 Å². The predicted molar refractivity (Wildman–Crippen MR) is 35.9 cm³/mol. The molecule has 0 unspecified atom stereocenters. The standard InChI is InChI=1S/C7H13NO/c1-7(2)3-5-9-6-4-8/h7H,3,5-6H2,1-2H3. The zero-order valence-electron chi connectivity index (χ0n) is 6.05. The van der Waals surface area contributed by atoms with Crippen molar-refractivity contribution in [3.63, 3.8) is 0 Å². The lowest BCUT2D eigenvalue weighted by molar-refractivity contribution is 0.153. The molecule has 2 nitrogen and oxygen atoms in total. The summed E-state index contributed by atoms with van der Waals surface area (Å²) in [5.41, 5.74) is 0. The smallest absolute Gasteiger partial charge is 0.133 e. The zero-order chi connectivity index (χ0) is 7.11. The van der Waals surface area contributed by atoms with Crippen LogP contribution in [0.3, 0.4) is 0 Å². The third kappa shape index (κ3) is 7.45. The molecule has 0 bridgehead atoms. The van der Waals surface area contributed by atoms with Crippen LogP contribution in [0.25, 0.3) is 0 Å². The van der Waals surface area contributed by atoms with Crippen molar-refractivity contribution in [2.24, 2.45) is 5.92 Å². The van der Waals surface area contributed by atoms with Gasteiger partial charge in [-0.2, -0.15) is 5.26 Å². The Kier molecular flexibility index (Phi) is 5.24. The van der Waals surface area contributed by atoms with E-state index in [2.05, 4.69) is 13.8 Å². The second-order valence-electron chi connectivity index (χ2n) is 2.39. The van der Waals surface area contributed by atoms with Gasteiger partial charge < -0.3 is 4.74 Å². The van der Waals surface area contributed by atoms with Crippen LogP contribution in [0.15, 0.2) is 0 Å². The normalized spacial score (nSPS) is 9.56. The van der Waals surface area contributed by atoms with Gasteiger partial charge in [0.1, 0.15) is 6.61 Å². The van der Waals surface area contributed by atoms with Gasteiger partial charge in [0.15, 0.2) is 0 Å². The van der Waals surface area contributed by atoms with E-state index in [0.29, 0.717) is 12.5 Å². The summed E-state index contributed by atoms with van der Waals surface area (Å²) in [5.74, 6) is 0.670. The largest absolute Gasteiger partial charge is 0.367 e. The van der Waals surface area contributed by atoms with Crippen LogP contribution < -0.4 is 0 Å². The zero-order valence-corrected chi connectivity index (χ0v) is 6.05. The van der Waals surface area contributed by atoms with Crippen LogP contribution in [-0.2, 0) is 4.74 Å². The van der Waals surface area contributed by atoms with Crippen molar-refractivity contribution in [1.29, 1.82) is 5.26 Å². The molecule has 0 aliphatic carbocycles. The first-order valence-corrected chi connectivity index (χ1v) is 3.22. The molecule has 0 rings (SSSR count). The molecule has 0 aromatic heterocycles. The average Bonchev–Trinajstić information content (AvgIpc) is 1.80. The van der Waals surface area contributed by atoms with Crippen LogP contribution >= 0.6 is 0 Å². The quantitative estimate of drug-likeness (QED) is 0.537. The molecule has 0 atom stereocenters. The molecule has 0 radical (unpaired) electrons. The average molecular weight is 127 g/mol. The Bertz CT molecular complexity index is 93.6. The molecule has 0 fully saturated rings. The van der Waals surface area contributed by atoms with Crippen molar-refractivity contribution in [3.8, 4) is 6.07 Å². The molecule has 0 saturated carbocycles. The molecule has 0 aromatic carbocycles. The molecular weight excluding hydrogens is 114 g/mol. The lowest BCUT2D eigenvalue weighted by Crippen LogP contribution is -1.98. The molecule has 0 amide bonds. The van der Waals surface area contributed by atoms with E-state index in [9.17, 15) is 0 Å². The van der Waals surface area contributed by atoms with Gasteiger partial charge >= 0.3 is 0 Å². The Balaban J connectivity index is 2.85. The molecule has 9 heavy (non-hydrogen) atoms. The van der Waals surface area contributed by atoms with Gasteiger partial charge in [-0.3, -0.25) is 0 Å². The highest BCUT2D eigenvalue weighted by Crippen LogP contribution is 1.97. The minimum absolute atomic E-state index is 0.229. The van der Waals surface area contributed by atoms with E-state index in [1.807, 2.05) is 6.07 Å². The van der Waals surface area contributed by atoms with E-state index >= 15 is 0 Å². The number of hydrogen-bond donors (Lipinski definition) is 0. The third-order valence-corrected chi connectivity index (χ3v) is 1.01. The summed E-state index contributed by atoms with van der Waals surface area (Å²) < 4.78 is 4.93. The molecule has 0 heterocycles. The minimum atomic E-state index is 0.229. The van der Waals surface area contributed by atoms with Crippen molar-refractivity contribution in [2.45, 2.75) is 20.3 Å². The number of rotatable bonds is 4. The van der Waals surface area contributed by atoms with Gasteiger partial charge in [-0.05, 0) is 12.3 Å². The van der Waals surface area contributed by atoms with Gasteiger partial charge in [-0.15, -0.1) is 0 Å². The Morgan fingerprint density at radius 1 is 1.56 bits per heavy atom. The van der Waals surface area contributed by atoms with Gasteiger partial charge in [0.25, 0.3) is 0 Å². The minimum Gasteiger partial charge on any atom is -0.367 e.